The summed E-state index contributed by atoms with van der Waals surface area (Å²) in [6, 6.07) is 17.9. The van der Waals surface area contributed by atoms with Gasteiger partial charge >= 0.3 is 0 Å². The van der Waals surface area contributed by atoms with Crippen LogP contribution in [0.5, 0.6) is 5.75 Å². The Hall–Kier alpha value is -4.20. The summed E-state index contributed by atoms with van der Waals surface area (Å²) in [5.41, 5.74) is 2.05. The molecule has 8 heteroatoms. The van der Waals surface area contributed by atoms with Crippen LogP contribution in [0.3, 0.4) is 0 Å². The number of rotatable bonds is 4. The highest BCUT2D eigenvalue weighted by molar-refractivity contribution is 5.81. The van der Waals surface area contributed by atoms with Crippen molar-refractivity contribution in [3.63, 3.8) is 0 Å². The van der Waals surface area contributed by atoms with Crippen molar-refractivity contribution in [3.8, 4) is 28.1 Å². The Morgan fingerprint density at radius 3 is 2.32 bits per heavy atom. The molecule has 1 N–H and O–H groups in total. The third-order valence-electron chi connectivity index (χ3n) is 4.25. The summed E-state index contributed by atoms with van der Waals surface area (Å²) in [4.78, 5) is 43.0. The van der Waals surface area contributed by atoms with E-state index in [9.17, 15) is 19.7 Å². The van der Waals surface area contributed by atoms with Gasteiger partial charge in [0, 0.05) is 18.3 Å². The Morgan fingerprint density at radius 2 is 1.64 bits per heavy atom. The summed E-state index contributed by atoms with van der Waals surface area (Å²) >= 11 is 0. The highest BCUT2D eigenvalue weighted by Crippen LogP contribution is 2.29. The number of nitrogens with zero attached hydrogens (tertiary/aromatic N) is 2. The standard InChI is InChI=1S/C20H13N3O5/c24-15-10-11-22-17(12-15)21-19(14-6-8-16(9-7-14)28-23(26)27)18(20(22)25)13-4-2-1-3-5-13/h1-12,21H. The summed E-state index contributed by atoms with van der Waals surface area (Å²) in [7, 11) is 0. The van der Waals surface area contributed by atoms with E-state index in [2.05, 4.69) is 9.82 Å². The number of H-pyrrole nitrogens is 1. The first-order chi connectivity index (χ1) is 13.5. The fraction of sp³-hybridized carbons (Fsp3) is 0. The topological polar surface area (TPSA) is 107 Å². The van der Waals surface area contributed by atoms with Crippen LogP contribution in [0.2, 0.25) is 0 Å². The van der Waals surface area contributed by atoms with E-state index >= 15 is 0 Å². The molecule has 2 heterocycles. The van der Waals surface area contributed by atoms with Crippen molar-refractivity contribution in [2.45, 2.75) is 0 Å². The molecule has 28 heavy (non-hydrogen) atoms. The molecule has 138 valence electrons. The van der Waals surface area contributed by atoms with E-state index in [-0.39, 0.29) is 16.7 Å². The van der Waals surface area contributed by atoms with Gasteiger partial charge in [0.15, 0.2) is 5.43 Å². The Bertz CT molecular complexity index is 1290. The van der Waals surface area contributed by atoms with Gasteiger partial charge in [-0.2, -0.15) is 0 Å². The lowest BCUT2D eigenvalue weighted by Gasteiger charge is -2.13. The van der Waals surface area contributed by atoms with Gasteiger partial charge in [-0.05, 0) is 23.3 Å². The third kappa shape index (κ3) is 3.14. The van der Waals surface area contributed by atoms with Gasteiger partial charge in [-0.25, -0.2) is 0 Å². The lowest BCUT2D eigenvalue weighted by atomic mass is 10.0. The van der Waals surface area contributed by atoms with Crippen LogP contribution in [0.25, 0.3) is 28.0 Å². The quantitative estimate of drug-likeness (QED) is 0.436. The maximum Gasteiger partial charge on any atom is 0.299 e. The zero-order valence-corrected chi connectivity index (χ0v) is 14.4. The first-order valence-electron chi connectivity index (χ1n) is 8.30. The minimum absolute atomic E-state index is 0.0642. The first kappa shape index (κ1) is 17.2. The van der Waals surface area contributed by atoms with Crippen LogP contribution in [0.1, 0.15) is 0 Å². The van der Waals surface area contributed by atoms with Crippen molar-refractivity contribution in [2.75, 3.05) is 0 Å². The largest absolute Gasteiger partial charge is 0.340 e. The van der Waals surface area contributed by atoms with E-state index in [1.807, 2.05) is 30.3 Å². The second kappa shape index (κ2) is 6.84. The lowest BCUT2D eigenvalue weighted by Crippen LogP contribution is -2.20. The lowest BCUT2D eigenvalue weighted by molar-refractivity contribution is -0.711. The molecule has 0 aliphatic carbocycles. The van der Waals surface area contributed by atoms with Crippen molar-refractivity contribution in [1.29, 1.82) is 0 Å². The van der Waals surface area contributed by atoms with E-state index < -0.39 is 5.09 Å². The van der Waals surface area contributed by atoms with Gasteiger partial charge in [0.05, 0.1) is 11.3 Å². The average Bonchev–Trinajstić information content (AvgIpc) is 2.68. The Labute approximate surface area is 157 Å². The van der Waals surface area contributed by atoms with Gasteiger partial charge in [0.25, 0.3) is 10.6 Å². The zero-order chi connectivity index (χ0) is 19.7. The van der Waals surface area contributed by atoms with Gasteiger partial charge in [0.2, 0.25) is 0 Å². The maximum atomic E-state index is 13.2. The number of fused-ring (bicyclic) bond motifs is 1. The third-order valence-corrected chi connectivity index (χ3v) is 4.25. The van der Waals surface area contributed by atoms with Crippen LogP contribution in [-0.4, -0.2) is 14.5 Å². The van der Waals surface area contributed by atoms with E-state index in [1.54, 1.807) is 12.1 Å². The van der Waals surface area contributed by atoms with Gasteiger partial charge in [-0.1, -0.05) is 42.5 Å². The molecule has 0 atom stereocenters. The molecule has 0 spiro atoms. The molecule has 0 aliphatic heterocycles. The van der Waals surface area contributed by atoms with Crippen molar-refractivity contribution in [2.24, 2.45) is 0 Å². The van der Waals surface area contributed by atoms with E-state index in [0.29, 0.717) is 28.0 Å². The molecule has 2 aromatic heterocycles. The summed E-state index contributed by atoms with van der Waals surface area (Å²) in [5, 5.41) is 9.60. The number of pyridine rings is 1. The molecule has 0 unspecified atom stereocenters. The molecule has 2 aromatic carbocycles. The molecule has 8 nitrogen and oxygen atoms in total. The zero-order valence-electron chi connectivity index (χ0n) is 14.4. The molecule has 0 saturated heterocycles. The van der Waals surface area contributed by atoms with Crippen molar-refractivity contribution < 1.29 is 9.92 Å². The van der Waals surface area contributed by atoms with E-state index in [0.717, 1.165) is 0 Å². The van der Waals surface area contributed by atoms with Crippen LogP contribution < -0.4 is 15.8 Å². The number of benzene rings is 2. The van der Waals surface area contributed by atoms with E-state index in [1.165, 1.54) is 34.9 Å². The fourth-order valence-electron chi connectivity index (χ4n) is 3.03. The molecule has 0 aliphatic rings. The van der Waals surface area contributed by atoms with Gasteiger partial charge < -0.3 is 4.98 Å². The number of hydrogen-bond donors (Lipinski definition) is 1. The minimum Gasteiger partial charge on any atom is -0.340 e. The molecular formula is C20H13N3O5. The average molecular weight is 375 g/mol. The Balaban J connectivity index is 1.99. The molecule has 0 radical (unpaired) electrons. The number of aromatic nitrogens is 2. The van der Waals surface area contributed by atoms with Gasteiger partial charge in [-0.15, -0.1) is 10.1 Å². The summed E-state index contributed by atoms with van der Waals surface area (Å²) in [6.45, 7) is 0. The summed E-state index contributed by atoms with van der Waals surface area (Å²) < 4.78 is 1.37. The number of nitrogens with one attached hydrogen (secondary N) is 1. The highest BCUT2D eigenvalue weighted by Gasteiger charge is 2.15. The molecule has 4 aromatic rings. The SMILES string of the molecule is O=c1ccn2c(=O)c(-c3ccccc3)c(-c3ccc(O[N+](=O)[O-])cc3)[nH]c2c1. The molecule has 0 fully saturated rings. The second-order valence-electron chi connectivity index (χ2n) is 6.00. The van der Waals surface area contributed by atoms with Crippen LogP contribution in [0.4, 0.5) is 0 Å². The van der Waals surface area contributed by atoms with Crippen molar-refractivity contribution in [3.05, 3.63) is 104 Å². The molecule has 0 bridgehead atoms. The van der Waals surface area contributed by atoms with E-state index in [4.69, 9.17) is 0 Å². The number of aromatic amines is 1. The maximum absolute atomic E-state index is 13.2. The Morgan fingerprint density at radius 1 is 0.929 bits per heavy atom. The number of hydrogen-bond acceptors (Lipinski definition) is 5. The second-order valence-corrected chi connectivity index (χ2v) is 6.00. The molecule has 4 rings (SSSR count). The fourth-order valence-corrected chi connectivity index (χ4v) is 3.03. The predicted octanol–water partition coefficient (Wildman–Crippen LogP) is 2.89. The minimum atomic E-state index is -0.894. The normalized spacial score (nSPS) is 10.7. The van der Waals surface area contributed by atoms with Crippen LogP contribution >= 0.6 is 0 Å². The smallest absolute Gasteiger partial charge is 0.299 e. The van der Waals surface area contributed by atoms with Crippen LogP contribution in [-0.2, 0) is 0 Å². The molecular weight excluding hydrogens is 362 g/mol. The highest BCUT2D eigenvalue weighted by atomic mass is 17.0. The van der Waals surface area contributed by atoms with Gasteiger partial charge in [0.1, 0.15) is 11.4 Å². The van der Waals surface area contributed by atoms with Crippen LogP contribution in [0, 0.1) is 10.1 Å². The first-order valence-corrected chi connectivity index (χ1v) is 8.30. The monoisotopic (exact) mass is 375 g/mol. The van der Waals surface area contributed by atoms with Crippen molar-refractivity contribution in [1.82, 2.24) is 9.38 Å². The predicted molar refractivity (Wildman–Crippen MR) is 103 cm³/mol. The van der Waals surface area contributed by atoms with Crippen LogP contribution in [0.15, 0.2) is 82.5 Å². The van der Waals surface area contributed by atoms with Gasteiger partial charge in [-0.3, -0.25) is 18.8 Å². The molecule has 0 saturated carbocycles. The summed E-state index contributed by atoms with van der Waals surface area (Å²) in [5.74, 6) is 0.0642. The Kier molecular flexibility index (Phi) is 4.21. The molecule has 0 amide bonds. The summed E-state index contributed by atoms with van der Waals surface area (Å²) in [6.07, 6.45) is 1.43. The van der Waals surface area contributed by atoms with Crippen molar-refractivity contribution >= 4 is 5.65 Å².